The molecule has 1 aliphatic rings. The molecule has 0 bridgehead atoms. The Morgan fingerprint density at radius 1 is 1.21 bits per heavy atom. The molecule has 0 saturated carbocycles. The first-order valence-electron chi connectivity index (χ1n) is 8.94. The molecule has 1 aliphatic heterocycles. The van der Waals surface area contributed by atoms with E-state index in [1.165, 1.54) is 10.4 Å². The van der Waals surface area contributed by atoms with Crippen LogP contribution < -0.4 is 10.1 Å². The average Bonchev–Trinajstić information content (AvgIpc) is 3.23. The van der Waals surface area contributed by atoms with E-state index in [-0.39, 0.29) is 17.4 Å². The maximum Gasteiger partial charge on any atom is 0.262 e. The van der Waals surface area contributed by atoms with Gasteiger partial charge in [-0.25, -0.2) is 8.42 Å². The number of nitrogens with one attached hydrogen (secondary N) is 1. The number of benzene rings is 2. The summed E-state index contributed by atoms with van der Waals surface area (Å²) in [6, 6.07) is 13.2. The Kier molecular flexibility index (Phi) is 5.97. The molecule has 0 spiro atoms. The van der Waals surface area contributed by atoms with Crippen molar-refractivity contribution < 1.29 is 17.9 Å². The minimum atomic E-state index is -3.48. The van der Waals surface area contributed by atoms with E-state index in [2.05, 4.69) is 5.32 Å². The topological polar surface area (TPSA) is 99.5 Å². The zero-order valence-electron chi connectivity index (χ0n) is 15.5. The number of ether oxygens (including phenoxy) is 1. The number of amides is 1. The number of carbonyl (C=O) groups excluding carboxylic acids is 1. The van der Waals surface area contributed by atoms with Crippen molar-refractivity contribution in [3.63, 3.8) is 0 Å². The summed E-state index contributed by atoms with van der Waals surface area (Å²) in [6.45, 7) is 2.61. The maximum absolute atomic E-state index is 12.6. The molecule has 1 N–H and O–H groups in total. The first kappa shape index (κ1) is 19.9. The van der Waals surface area contributed by atoms with E-state index in [9.17, 15) is 13.2 Å². The number of nitrogens with zero attached hydrogens (tertiary/aromatic N) is 2. The van der Waals surface area contributed by atoms with Crippen LogP contribution in [0.25, 0.3) is 0 Å². The van der Waals surface area contributed by atoms with Crippen molar-refractivity contribution in [2.24, 2.45) is 0 Å². The third-order valence-electron chi connectivity index (χ3n) is 4.48. The number of hydrogen-bond acceptors (Lipinski definition) is 5. The van der Waals surface area contributed by atoms with Crippen molar-refractivity contribution in [1.29, 1.82) is 5.26 Å². The molecule has 3 rings (SSSR count). The number of sulfonamides is 1. The van der Waals surface area contributed by atoms with Crippen LogP contribution in [-0.4, -0.2) is 38.3 Å². The van der Waals surface area contributed by atoms with E-state index < -0.39 is 10.0 Å². The molecule has 7 nitrogen and oxygen atoms in total. The normalized spacial score (nSPS) is 14.4. The average molecular weight is 399 g/mol. The summed E-state index contributed by atoms with van der Waals surface area (Å²) in [7, 11) is -3.48. The van der Waals surface area contributed by atoms with Gasteiger partial charge in [0.25, 0.3) is 5.91 Å². The molecule has 28 heavy (non-hydrogen) atoms. The van der Waals surface area contributed by atoms with E-state index >= 15 is 0 Å². The van der Waals surface area contributed by atoms with Gasteiger partial charge in [-0.05, 0) is 61.7 Å². The number of aryl methyl sites for hydroxylation is 1. The standard InChI is InChI=1S/C20H21N3O4S/c1-15-11-18(28(25,26)23-9-2-3-10-23)7-8-19(15)27-14-20(24)22-17-6-4-5-16(12-17)13-21/h4-8,11-12H,2-3,9-10,14H2,1H3,(H,22,24). The van der Waals surface area contributed by atoms with Crippen LogP contribution in [0.15, 0.2) is 47.4 Å². The third kappa shape index (κ3) is 4.50. The minimum Gasteiger partial charge on any atom is -0.483 e. The van der Waals surface area contributed by atoms with Crippen LogP contribution in [0.5, 0.6) is 5.75 Å². The summed E-state index contributed by atoms with van der Waals surface area (Å²) in [5, 5.41) is 11.6. The second-order valence-corrected chi connectivity index (χ2v) is 8.51. The van der Waals surface area contributed by atoms with Gasteiger partial charge in [-0.3, -0.25) is 4.79 Å². The molecule has 2 aromatic rings. The third-order valence-corrected chi connectivity index (χ3v) is 6.38. The van der Waals surface area contributed by atoms with Gasteiger partial charge in [-0.1, -0.05) is 6.07 Å². The second kappa shape index (κ2) is 8.42. The predicted molar refractivity (Wildman–Crippen MR) is 104 cm³/mol. The summed E-state index contributed by atoms with van der Waals surface area (Å²) < 4.78 is 32.3. The molecule has 0 aromatic heterocycles. The number of anilines is 1. The van der Waals surface area contributed by atoms with Gasteiger partial charge >= 0.3 is 0 Å². The van der Waals surface area contributed by atoms with Gasteiger partial charge < -0.3 is 10.1 Å². The Labute approximate surface area is 164 Å². The zero-order chi connectivity index (χ0) is 20.1. The molecular weight excluding hydrogens is 378 g/mol. The highest BCUT2D eigenvalue weighted by molar-refractivity contribution is 7.89. The van der Waals surface area contributed by atoms with Gasteiger partial charge in [0, 0.05) is 18.8 Å². The van der Waals surface area contributed by atoms with Gasteiger partial charge in [0.15, 0.2) is 6.61 Å². The highest BCUT2D eigenvalue weighted by atomic mass is 32.2. The number of carbonyl (C=O) groups is 1. The Hall–Kier alpha value is -2.89. The van der Waals surface area contributed by atoms with Gasteiger partial charge in [0.2, 0.25) is 10.0 Å². The van der Waals surface area contributed by atoms with Crippen molar-refractivity contribution >= 4 is 21.6 Å². The molecule has 0 aliphatic carbocycles. The van der Waals surface area contributed by atoms with Crippen LogP contribution >= 0.6 is 0 Å². The predicted octanol–water partition coefficient (Wildman–Crippen LogP) is 2.67. The second-order valence-electron chi connectivity index (χ2n) is 6.57. The first-order chi connectivity index (χ1) is 13.4. The molecule has 146 valence electrons. The molecule has 8 heteroatoms. The van der Waals surface area contributed by atoms with Crippen LogP contribution in [0.3, 0.4) is 0 Å². The number of rotatable bonds is 6. The van der Waals surface area contributed by atoms with Crippen LogP contribution in [0.4, 0.5) is 5.69 Å². The molecule has 1 saturated heterocycles. The van der Waals surface area contributed by atoms with Gasteiger partial charge in [0.05, 0.1) is 16.5 Å². The minimum absolute atomic E-state index is 0.226. The summed E-state index contributed by atoms with van der Waals surface area (Å²) in [6.07, 6.45) is 1.76. The van der Waals surface area contributed by atoms with Gasteiger partial charge in [0.1, 0.15) is 5.75 Å². The molecule has 1 amide bonds. The van der Waals surface area contributed by atoms with E-state index in [1.807, 2.05) is 6.07 Å². The maximum atomic E-state index is 12.6. The molecule has 0 atom stereocenters. The molecule has 2 aromatic carbocycles. The lowest BCUT2D eigenvalue weighted by Gasteiger charge is -2.17. The van der Waals surface area contributed by atoms with E-state index in [4.69, 9.17) is 10.00 Å². The fourth-order valence-electron chi connectivity index (χ4n) is 3.03. The Morgan fingerprint density at radius 3 is 2.64 bits per heavy atom. The molecular formula is C20H21N3O4S. The largest absolute Gasteiger partial charge is 0.483 e. The van der Waals surface area contributed by atoms with Crippen molar-refractivity contribution in [2.75, 3.05) is 25.0 Å². The number of nitriles is 1. The smallest absolute Gasteiger partial charge is 0.262 e. The highest BCUT2D eigenvalue weighted by Crippen LogP contribution is 2.26. The number of hydrogen-bond donors (Lipinski definition) is 1. The van der Waals surface area contributed by atoms with Gasteiger partial charge in [-0.15, -0.1) is 0 Å². The van der Waals surface area contributed by atoms with Gasteiger partial charge in [-0.2, -0.15) is 9.57 Å². The fourth-order valence-corrected chi connectivity index (χ4v) is 4.63. The summed E-state index contributed by atoms with van der Waals surface area (Å²) in [5.74, 6) is 0.0737. The lowest BCUT2D eigenvalue weighted by molar-refractivity contribution is -0.118. The zero-order valence-corrected chi connectivity index (χ0v) is 16.3. The van der Waals surface area contributed by atoms with E-state index in [1.54, 1.807) is 43.3 Å². The molecule has 1 fully saturated rings. The monoisotopic (exact) mass is 399 g/mol. The Morgan fingerprint density at radius 2 is 1.96 bits per heavy atom. The van der Waals surface area contributed by atoms with E-state index in [0.717, 1.165) is 12.8 Å². The summed E-state index contributed by atoms with van der Waals surface area (Å²) in [4.78, 5) is 12.3. The SMILES string of the molecule is Cc1cc(S(=O)(=O)N2CCCC2)ccc1OCC(=O)Nc1cccc(C#N)c1. The van der Waals surface area contributed by atoms with Crippen molar-refractivity contribution in [3.8, 4) is 11.8 Å². The summed E-state index contributed by atoms with van der Waals surface area (Å²) in [5.41, 5.74) is 1.60. The van der Waals surface area contributed by atoms with Crippen molar-refractivity contribution in [2.45, 2.75) is 24.7 Å². The highest BCUT2D eigenvalue weighted by Gasteiger charge is 2.27. The van der Waals surface area contributed by atoms with Crippen molar-refractivity contribution in [1.82, 2.24) is 4.31 Å². The molecule has 0 radical (unpaired) electrons. The van der Waals surface area contributed by atoms with Crippen LogP contribution in [0.2, 0.25) is 0 Å². The molecule has 0 unspecified atom stereocenters. The van der Waals surface area contributed by atoms with Crippen LogP contribution in [0.1, 0.15) is 24.0 Å². The quantitative estimate of drug-likeness (QED) is 0.805. The fraction of sp³-hybridized carbons (Fsp3) is 0.300. The Balaban J connectivity index is 1.63. The Bertz CT molecular complexity index is 1020. The van der Waals surface area contributed by atoms with Crippen molar-refractivity contribution in [3.05, 3.63) is 53.6 Å². The van der Waals surface area contributed by atoms with E-state index in [0.29, 0.717) is 35.7 Å². The van der Waals surface area contributed by atoms with Crippen LogP contribution in [-0.2, 0) is 14.8 Å². The lowest BCUT2D eigenvalue weighted by atomic mass is 10.2. The molecule has 1 heterocycles. The first-order valence-corrected chi connectivity index (χ1v) is 10.4. The van der Waals surface area contributed by atoms with Crippen LogP contribution in [0, 0.1) is 18.3 Å². The lowest BCUT2D eigenvalue weighted by Crippen LogP contribution is -2.27. The summed E-state index contributed by atoms with van der Waals surface area (Å²) >= 11 is 0.